The van der Waals surface area contributed by atoms with E-state index in [4.69, 9.17) is 0 Å². The first kappa shape index (κ1) is 28.3. The Kier molecular flexibility index (Phi) is 11.7. The van der Waals surface area contributed by atoms with E-state index in [9.17, 15) is 37.5 Å². The van der Waals surface area contributed by atoms with E-state index >= 15 is 0 Å². The number of aliphatic carboxylic acids is 1. The van der Waals surface area contributed by atoms with Crippen LogP contribution in [-0.4, -0.2) is 58.7 Å². The van der Waals surface area contributed by atoms with Crippen LogP contribution >= 0.6 is 11.8 Å². The quantitative estimate of drug-likeness (QED) is 0.296. The Balaban J connectivity index is 2.87. The lowest BCUT2D eigenvalue weighted by Gasteiger charge is -2.25. The Bertz CT molecular complexity index is 793. The minimum atomic E-state index is -4.48. The average molecular weight is 492 g/mol. The standard InChI is InChI=1S/C21H28F3N3O5S/c1-13(2)10-16(26-18(29)15(25-12-28)8-9-33-21(22,23)24)19(30)27-17(20(31)32)11-14-6-4-3-5-7-14/h3-7,12-13,15-17H,8-11H2,1-2H3,(H,25,28)(H,26,29)(H,27,30)(H,31,32)/t15-,16+,17+/m1/s1. The van der Waals surface area contributed by atoms with Gasteiger partial charge in [-0.25, -0.2) is 4.79 Å². The van der Waals surface area contributed by atoms with E-state index in [2.05, 4.69) is 16.0 Å². The van der Waals surface area contributed by atoms with Crippen LogP contribution in [0.5, 0.6) is 0 Å². The number of alkyl halides is 3. The average Bonchev–Trinajstić information content (AvgIpc) is 2.71. The number of carboxylic acid groups (broad SMARTS) is 1. The van der Waals surface area contributed by atoms with Gasteiger partial charge in [-0.15, -0.1) is 0 Å². The van der Waals surface area contributed by atoms with Gasteiger partial charge in [-0.3, -0.25) is 14.4 Å². The van der Waals surface area contributed by atoms with Crippen LogP contribution < -0.4 is 16.0 Å². The molecule has 1 aromatic rings. The number of benzene rings is 1. The second-order valence-electron chi connectivity index (χ2n) is 7.70. The summed E-state index contributed by atoms with van der Waals surface area (Å²) in [6, 6.07) is 4.99. The Morgan fingerprint density at radius 1 is 1.03 bits per heavy atom. The van der Waals surface area contributed by atoms with E-state index in [1.807, 2.05) is 0 Å². The minimum absolute atomic E-state index is 0.0221. The number of amides is 3. The molecule has 33 heavy (non-hydrogen) atoms. The highest BCUT2D eigenvalue weighted by atomic mass is 32.2. The number of carbonyl (C=O) groups is 4. The van der Waals surface area contributed by atoms with Crippen LogP contribution in [0.15, 0.2) is 30.3 Å². The highest BCUT2D eigenvalue weighted by Gasteiger charge is 2.31. The maximum Gasteiger partial charge on any atom is 0.441 e. The summed E-state index contributed by atoms with van der Waals surface area (Å²) in [7, 11) is 0. The summed E-state index contributed by atoms with van der Waals surface area (Å²) in [5.41, 5.74) is -3.79. The van der Waals surface area contributed by atoms with Gasteiger partial charge in [0, 0.05) is 12.2 Å². The van der Waals surface area contributed by atoms with Gasteiger partial charge in [-0.1, -0.05) is 55.9 Å². The van der Waals surface area contributed by atoms with E-state index in [0.717, 1.165) is 0 Å². The van der Waals surface area contributed by atoms with Gasteiger partial charge in [0.05, 0.1) is 0 Å². The molecule has 0 aliphatic rings. The van der Waals surface area contributed by atoms with Crippen molar-refractivity contribution in [3.63, 3.8) is 0 Å². The summed E-state index contributed by atoms with van der Waals surface area (Å²) >= 11 is -0.327. The fourth-order valence-corrected chi connectivity index (χ4v) is 3.55. The first-order valence-corrected chi connectivity index (χ1v) is 11.2. The topological polar surface area (TPSA) is 125 Å². The molecule has 1 aromatic carbocycles. The van der Waals surface area contributed by atoms with Gasteiger partial charge in [0.1, 0.15) is 18.1 Å². The van der Waals surface area contributed by atoms with Gasteiger partial charge >= 0.3 is 11.5 Å². The fourth-order valence-electron chi connectivity index (χ4n) is 2.96. The Labute approximate surface area is 194 Å². The SMILES string of the molecule is CC(C)C[C@H](NC(=O)[C@@H](CCSC(F)(F)F)NC=O)C(=O)N[C@@H](Cc1ccccc1)C(=O)O. The Morgan fingerprint density at radius 2 is 1.61 bits per heavy atom. The van der Waals surface area contributed by atoms with Gasteiger partial charge in [0.15, 0.2) is 0 Å². The smallest absolute Gasteiger partial charge is 0.441 e. The molecule has 0 radical (unpaired) electrons. The third kappa shape index (κ3) is 11.6. The number of carbonyl (C=O) groups excluding carboxylic acids is 3. The number of thioether (sulfide) groups is 1. The molecule has 12 heteroatoms. The molecule has 0 aromatic heterocycles. The molecule has 0 spiro atoms. The normalized spacial score (nSPS) is 14.1. The van der Waals surface area contributed by atoms with Crippen molar-refractivity contribution < 1.29 is 37.5 Å². The van der Waals surface area contributed by atoms with Crippen molar-refractivity contribution in [3.8, 4) is 0 Å². The van der Waals surface area contributed by atoms with E-state index in [-0.39, 0.29) is 43.4 Å². The predicted octanol–water partition coefficient (Wildman–Crippen LogP) is 2.09. The van der Waals surface area contributed by atoms with E-state index in [0.29, 0.717) is 5.56 Å². The van der Waals surface area contributed by atoms with Gasteiger partial charge in [0.2, 0.25) is 18.2 Å². The molecule has 0 aliphatic heterocycles. The molecule has 0 saturated heterocycles. The Morgan fingerprint density at radius 3 is 2.12 bits per heavy atom. The van der Waals surface area contributed by atoms with Crippen molar-refractivity contribution in [1.82, 2.24) is 16.0 Å². The number of halogens is 3. The van der Waals surface area contributed by atoms with Gasteiger partial charge in [0.25, 0.3) is 0 Å². The Hall–Kier alpha value is -2.76. The van der Waals surface area contributed by atoms with Crippen molar-refractivity contribution in [3.05, 3.63) is 35.9 Å². The van der Waals surface area contributed by atoms with Crippen molar-refractivity contribution in [2.24, 2.45) is 5.92 Å². The summed E-state index contributed by atoms with van der Waals surface area (Å²) < 4.78 is 37.1. The highest BCUT2D eigenvalue weighted by molar-refractivity contribution is 8.00. The highest BCUT2D eigenvalue weighted by Crippen LogP contribution is 2.30. The minimum Gasteiger partial charge on any atom is -0.480 e. The molecule has 0 saturated carbocycles. The van der Waals surface area contributed by atoms with Crippen molar-refractivity contribution in [1.29, 1.82) is 0 Å². The van der Waals surface area contributed by atoms with Crippen LogP contribution in [0, 0.1) is 5.92 Å². The summed E-state index contributed by atoms with van der Waals surface area (Å²) in [5, 5.41) is 16.5. The molecular formula is C21H28F3N3O5S. The molecule has 0 bridgehead atoms. The lowest BCUT2D eigenvalue weighted by atomic mass is 10.0. The number of carboxylic acids is 1. The largest absolute Gasteiger partial charge is 0.480 e. The second-order valence-corrected chi connectivity index (χ2v) is 8.86. The van der Waals surface area contributed by atoms with Gasteiger partial charge in [-0.2, -0.15) is 13.2 Å². The van der Waals surface area contributed by atoms with Gasteiger partial charge < -0.3 is 21.1 Å². The third-order valence-corrected chi connectivity index (χ3v) is 5.26. The zero-order valence-corrected chi connectivity index (χ0v) is 19.0. The maximum absolute atomic E-state index is 12.8. The third-order valence-electron chi connectivity index (χ3n) is 4.50. The number of hydrogen-bond donors (Lipinski definition) is 4. The molecule has 4 N–H and O–H groups in total. The molecule has 0 unspecified atom stereocenters. The second kappa shape index (κ2) is 13.7. The van der Waals surface area contributed by atoms with Crippen LogP contribution in [0.25, 0.3) is 0 Å². The van der Waals surface area contributed by atoms with Crippen LogP contribution in [0.2, 0.25) is 0 Å². The van der Waals surface area contributed by atoms with Crippen molar-refractivity contribution in [2.45, 2.75) is 56.7 Å². The number of rotatable bonds is 14. The zero-order chi connectivity index (χ0) is 25.0. The summed E-state index contributed by atoms with van der Waals surface area (Å²) in [5.74, 6) is -3.37. The van der Waals surface area contributed by atoms with Crippen LogP contribution in [0.4, 0.5) is 13.2 Å². The molecule has 3 atom stereocenters. The molecule has 3 amide bonds. The molecule has 0 heterocycles. The number of hydrogen-bond acceptors (Lipinski definition) is 5. The summed E-state index contributed by atoms with van der Waals surface area (Å²) in [6.07, 6.45) is 0.0610. The van der Waals surface area contributed by atoms with Crippen molar-refractivity contribution >= 4 is 36.0 Å². The molecule has 0 fully saturated rings. The van der Waals surface area contributed by atoms with Crippen LogP contribution in [-0.2, 0) is 25.6 Å². The lowest BCUT2D eigenvalue weighted by molar-refractivity contribution is -0.142. The molecule has 0 aliphatic carbocycles. The van der Waals surface area contributed by atoms with E-state index in [1.165, 1.54) is 0 Å². The molecular weight excluding hydrogens is 463 g/mol. The zero-order valence-electron chi connectivity index (χ0n) is 18.2. The fraction of sp³-hybridized carbons (Fsp3) is 0.524. The monoisotopic (exact) mass is 491 g/mol. The number of nitrogens with one attached hydrogen (secondary N) is 3. The summed E-state index contributed by atoms with van der Waals surface area (Å²) in [6.45, 7) is 3.57. The van der Waals surface area contributed by atoms with Crippen LogP contribution in [0.1, 0.15) is 32.3 Å². The van der Waals surface area contributed by atoms with Crippen molar-refractivity contribution in [2.75, 3.05) is 5.75 Å². The first-order chi connectivity index (χ1) is 15.4. The molecule has 184 valence electrons. The molecule has 8 nitrogen and oxygen atoms in total. The molecule has 1 rings (SSSR count). The first-order valence-electron chi connectivity index (χ1n) is 10.2. The maximum atomic E-state index is 12.8. The lowest BCUT2D eigenvalue weighted by Crippen LogP contribution is -2.55. The van der Waals surface area contributed by atoms with E-state index < -0.39 is 47.2 Å². The van der Waals surface area contributed by atoms with Crippen LogP contribution in [0.3, 0.4) is 0 Å². The van der Waals surface area contributed by atoms with E-state index in [1.54, 1.807) is 44.2 Å². The summed E-state index contributed by atoms with van der Waals surface area (Å²) in [4.78, 5) is 47.9. The predicted molar refractivity (Wildman–Crippen MR) is 117 cm³/mol. The van der Waals surface area contributed by atoms with Gasteiger partial charge in [-0.05, 0) is 24.3 Å².